The second-order valence-electron chi connectivity index (χ2n) is 5.13. The summed E-state index contributed by atoms with van der Waals surface area (Å²) in [5.41, 5.74) is 1.38. The van der Waals surface area contributed by atoms with Gasteiger partial charge in [-0.25, -0.2) is 0 Å². The van der Waals surface area contributed by atoms with Gasteiger partial charge >= 0.3 is 5.97 Å². The summed E-state index contributed by atoms with van der Waals surface area (Å²) in [6.45, 7) is 0. The molecule has 0 spiro atoms. The van der Waals surface area contributed by atoms with E-state index in [1.807, 2.05) is 0 Å². The van der Waals surface area contributed by atoms with Crippen molar-refractivity contribution in [2.45, 2.75) is 38.5 Å². The summed E-state index contributed by atoms with van der Waals surface area (Å²) in [5.74, 6) is 0.893. The van der Waals surface area contributed by atoms with E-state index < -0.39 is 5.97 Å². The number of ketones is 1. The van der Waals surface area contributed by atoms with Gasteiger partial charge in [0.05, 0.1) is 12.9 Å². The third-order valence-electron chi connectivity index (χ3n) is 3.25. The number of thioether (sulfide) groups is 1. The van der Waals surface area contributed by atoms with Gasteiger partial charge in [-0.3, -0.25) is 9.59 Å². The van der Waals surface area contributed by atoms with Crippen LogP contribution in [0.1, 0.15) is 37.7 Å². The molecule has 5 heteroatoms. The Morgan fingerprint density at radius 2 is 1.77 bits per heavy atom. The molecule has 1 rings (SSSR count). The second-order valence-corrected chi connectivity index (χ2v) is 7.16. The molecule has 0 aromatic heterocycles. The number of carbonyl (C=O) groups excluding carboxylic acids is 2. The fourth-order valence-corrected chi connectivity index (χ4v) is 3.15. The molecule has 0 aliphatic rings. The summed E-state index contributed by atoms with van der Waals surface area (Å²) in [6.07, 6.45) is 5.75. The highest BCUT2D eigenvalue weighted by Crippen LogP contribution is 2.14. The molecule has 1 aromatic carbocycles. The summed E-state index contributed by atoms with van der Waals surface area (Å²) in [4.78, 5) is 22.3. The zero-order chi connectivity index (χ0) is 16.2. The van der Waals surface area contributed by atoms with Crippen LogP contribution in [-0.2, 0) is 20.7 Å². The lowest BCUT2D eigenvalue weighted by atomic mass is 10.1. The monoisotopic (exact) mass is 386 g/mol. The summed E-state index contributed by atoms with van der Waals surface area (Å²) in [7, 11) is 1.30. The molecular weight excluding hydrogens is 364 g/mol. The van der Waals surface area contributed by atoms with Gasteiger partial charge in [-0.2, -0.15) is 11.8 Å². The van der Waals surface area contributed by atoms with Crippen molar-refractivity contribution in [3.63, 3.8) is 0 Å². The molecule has 3 nitrogen and oxygen atoms in total. The number of esters is 1. The Morgan fingerprint density at radius 3 is 2.45 bits per heavy atom. The number of benzene rings is 1. The Labute approximate surface area is 145 Å². The van der Waals surface area contributed by atoms with Crippen LogP contribution in [0, 0.1) is 0 Å². The maximum absolute atomic E-state index is 11.4. The van der Waals surface area contributed by atoms with Gasteiger partial charge in [0.25, 0.3) is 0 Å². The summed E-state index contributed by atoms with van der Waals surface area (Å²) in [6, 6.07) is 8.48. The predicted molar refractivity (Wildman–Crippen MR) is 95.3 cm³/mol. The molecule has 0 aliphatic carbocycles. The van der Waals surface area contributed by atoms with Gasteiger partial charge < -0.3 is 4.74 Å². The van der Waals surface area contributed by atoms with Gasteiger partial charge in [0.15, 0.2) is 5.78 Å². The van der Waals surface area contributed by atoms with Crippen LogP contribution in [0.15, 0.2) is 28.7 Å². The Balaban J connectivity index is 1.94. The van der Waals surface area contributed by atoms with E-state index in [2.05, 4.69) is 44.9 Å². The highest BCUT2D eigenvalue weighted by molar-refractivity contribution is 9.10. The highest BCUT2D eigenvalue weighted by Gasteiger charge is 2.08. The Bertz CT molecular complexity index is 459. The van der Waals surface area contributed by atoms with Gasteiger partial charge in [0.2, 0.25) is 0 Å². The van der Waals surface area contributed by atoms with Crippen LogP contribution in [0.5, 0.6) is 0 Å². The zero-order valence-corrected chi connectivity index (χ0v) is 15.4. The van der Waals surface area contributed by atoms with Gasteiger partial charge in [-0.15, -0.1) is 0 Å². The number of methoxy groups -OCH3 is 1. The molecule has 1 aromatic rings. The average molecular weight is 387 g/mol. The van der Waals surface area contributed by atoms with E-state index in [9.17, 15) is 9.59 Å². The molecule has 0 radical (unpaired) electrons. The van der Waals surface area contributed by atoms with Crippen LogP contribution in [0.2, 0.25) is 0 Å². The number of rotatable bonds is 11. The van der Waals surface area contributed by atoms with Gasteiger partial charge in [0, 0.05) is 4.47 Å². The number of aryl methyl sites for hydroxylation is 1. The molecule has 0 heterocycles. The predicted octanol–water partition coefficient (Wildman–Crippen LogP) is 4.42. The molecular formula is C17H23BrO3S. The minimum Gasteiger partial charge on any atom is -0.469 e. The molecule has 0 aliphatic heterocycles. The molecule has 0 N–H and O–H groups in total. The molecule has 0 bridgehead atoms. The van der Waals surface area contributed by atoms with E-state index in [1.165, 1.54) is 31.9 Å². The second kappa shape index (κ2) is 11.7. The SMILES string of the molecule is COC(=O)CC(=O)CSCCCCCCc1ccc(Br)cc1. The fourth-order valence-electron chi connectivity index (χ4n) is 2.01. The Kier molecular flexibility index (Phi) is 10.2. The lowest BCUT2D eigenvalue weighted by molar-refractivity contribution is -0.142. The minimum absolute atomic E-state index is 0.0490. The van der Waals surface area contributed by atoms with Crippen LogP contribution >= 0.6 is 27.7 Å². The van der Waals surface area contributed by atoms with E-state index in [0.717, 1.165) is 23.1 Å². The minimum atomic E-state index is -0.446. The van der Waals surface area contributed by atoms with Gasteiger partial charge in [-0.1, -0.05) is 40.9 Å². The number of ether oxygens (including phenoxy) is 1. The number of halogens is 1. The zero-order valence-electron chi connectivity index (χ0n) is 13.0. The van der Waals surface area contributed by atoms with Crippen molar-refractivity contribution in [1.29, 1.82) is 0 Å². The molecule has 0 atom stereocenters. The number of hydrogen-bond acceptors (Lipinski definition) is 4. The normalized spacial score (nSPS) is 10.5. The Hall–Kier alpha value is -0.810. The van der Waals surface area contributed by atoms with Crippen molar-refractivity contribution in [2.24, 2.45) is 0 Å². The van der Waals surface area contributed by atoms with Crippen molar-refractivity contribution in [3.05, 3.63) is 34.3 Å². The van der Waals surface area contributed by atoms with Crippen LogP contribution in [0.4, 0.5) is 0 Å². The standard InChI is InChI=1S/C17H23BrO3S/c1-21-17(20)12-16(19)13-22-11-5-3-2-4-6-14-7-9-15(18)10-8-14/h7-10H,2-6,11-13H2,1H3. The van der Waals surface area contributed by atoms with Gasteiger partial charge in [-0.05, 0) is 42.7 Å². The summed E-state index contributed by atoms with van der Waals surface area (Å²) < 4.78 is 5.58. The molecule has 122 valence electrons. The first-order chi connectivity index (χ1) is 10.6. The molecule has 0 saturated heterocycles. The van der Waals surface area contributed by atoms with E-state index in [4.69, 9.17) is 0 Å². The van der Waals surface area contributed by atoms with E-state index in [-0.39, 0.29) is 12.2 Å². The first kappa shape index (κ1) is 19.2. The maximum atomic E-state index is 11.4. The largest absolute Gasteiger partial charge is 0.469 e. The van der Waals surface area contributed by atoms with Crippen molar-refractivity contribution in [3.8, 4) is 0 Å². The van der Waals surface area contributed by atoms with Crippen molar-refractivity contribution >= 4 is 39.4 Å². The molecule has 0 unspecified atom stereocenters. The van der Waals surface area contributed by atoms with Crippen molar-refractivity contribution in [1.82, 2.24) is 0 Å². The summed E-state index contributed by atoms with van der Waals surface area (Å²) in [5, 5.41) is 0. The third-order valence-corrected chi connectivity index (χ3v) is 4.88. The van der Waals surface area contributed by atoms with Crippen LogP contribution in [0.3, 0.4) is 0 Å². The lowest BCUT2D eigenvalue weighted by Crippen LogP contribution is -2.11. The van der Waals surface area contributed by atoms with E-state index in [0.29, 0.717) is 5.75 Å². The number of carbonyl (C=O) groups is 2. The molecule has 0 saturated carbocycles. The first-order valence-electron chi connectivity index (χ1n) is 7.52. The summed E-state index contributed by atoms with van der Waals surface area (Å²) >= 11 is 5.05. The van der Waals surface area contributed by atoms with Crippen LogP contribution in [-0.4, -0.2) is 30.4 Å². The van der Waals surface area contributed by atoms with Crippen LogP contribution < -0.4 is 0 Å². The molecule has 0 amide bonds. The van der Waals surface area contributed by atoms with Crippen LogP contribution in [0.25, 0.3) is 0 Å². The number of unbranched alkanes of at least 4 members (excludes halogenated alkanes) is 3. The lowest BCUT2D eigenvalue weighted by Gasteiger charge is -2.03. The highest BCUT2D eigenvalue weighted by atomic mass is 79.9. The quantitative estimate of drug-likeness (QED) is 0.320. The molecule has 0 fully saturated rings. The average Bonchev–Trinajstić information content (AvgIpc) is 2.51. The van der Waals surface area contributed by atoms with E-state index in [1.54, 1.807) is 11.8 Å². The van der Waals surface area contributed by atoms with Gasteiger partial charge in [0.1, 0.15) is 6.42 Å². The van der Waals surface area contributed by atoms with Crippen molar-refractivity contribution in [2.75, 3.05) is 18.6 Å². The maximum Gasteiger partial charge on any atom is 0.313 e. The fraction of sp³-hybridized carbons (Fsp3) is 0.529. The topological polar surface area (TPSA) is 43.4 Å². The smallest absolute Gasteiger partial charge is 0.313 e. The van der Waals surface area contributed by atoms with E-state index >= 15 is 0 Å². The third kappa shape index (κ3) is 9.26. The number of hydrogen-bond donors (Lipinski definition) is 0. The molecule has 22 heavy (non-hydrogen) atoms. The van der Waals surface area contributed by atoms with Crippen molar-refractivity contribution < 1.29 is 14.3 Å². The first-order valence-corrected chi connectivity index (χ1v) is 9.47. The Morgan fingerprint density at radius 1 is 1.09 bits per heavy atom. The number of Topliss-reactive ketones (excluding diaryl/α,β-unsaturated/α-hetero) is 1.